The Bertz CT molecular complexity index is 501. The van der Waals surface area contributed by atoms with Crippen molar-refractivity contribution in [1.82, 2.24) is 0 Å². The number of fused-ring (bicyclic) bond motifs is 1. The first kappa shape index (κ1) is 8.69. The van der Waals surface area contributed by atoms with E-state index in [4.69, 9.17) is 5.73 Å². The molecule has 0 atom stereocenters. The maximum Gasteiger partial charge on any atom is 0.117 e. The molecule has 0 spiro atoms. The fourth-order valence-electron chi connectivity index (χ4n) is 1.57. The molecule has 2 aromatic rings. The summed E-state index contributed by atoms with van der Waals surface area (Å²) in [7, 11) is 0. The van der Waals surface area contributed by atoms with Crippen LogP contribution in [-0.4, -0.2) is 0 Å². The van der Waals surface area contributed by atoms with Crippen LogP contribution in [0.1, 0.15) is 5.56 Å². The van der Waals surface area contributed by atoms with Crippen molar-refractivity contribution >= 4 is 22.1 Å². The lowest BCUT2D eigenvalue weighted by molar-refractivity contribution is 1.48. The molecule has 2 aromatic carbocycles. The maximum atomic E-state index is 10.6. The second-order valence-corrected chi connectivity index (χ2v) is 3.36. The van der Waals surface area contributed by atoms with Gasteiger partial charge in [0, 0.05) is 11.1 Å². The quantitative estimate of drug-likeness (QED) is 0.549. The van der Waals surface area contributed by atoms with Gasteiger partial charge in [-0.05, 0) is 29.6 Å². The Labute approximate surface area is 81.5 Å². The molecule has 0 aliphatic carbocycles. The Morgan fingerprint density at radius 2 is 2.00 bits per heavy atom. The highest BCUT2D eigenvalue weighted by atomic mass is 16.3. The summed E-state index contributed by atoms with van der Waals surface area (Å²) in [4.78, 5) is 10.6. The van der Waals surface area contributed by atoms with Crippen LogP contribution in [0.15, 0.2) is 35.5 Å². The van der Waals surface area contributed by atoms with E-state index in [1.54, 1.807) is 6.07 Å². The van der Waals surface area contributed by atoms with Crippen molar-refractivity contribution < 1.29 is 0 Å². The van der Waals surface area contributed by atoms with Crippen molar-refractivity contribution in [2.75, 3.05) is 5.73 Å². The lowest BCUT2D eigenvalue weighted by atomic mass is 10.1. The van der Waals surface area contributed by atoms with Crippen molar-refractivity contribution in [2.24, 2.45) is 5.18 Å². The Morgan fingerprint density at radius 3 is 2.71 bits per heavy atom. The fraction of sp³-hybridized carbons (Fsp3) is 0.0909. The summed E-state index contributed by atoms with van der Waals surface area (Å²) in [6.07, 6.45) is 0. The summed E-state index contributed by atoms with van der Waals surface area (Å²) in [6, 6.07) is 9.26. The van der Waals surface area contributed by atoms with E-state index in [9.17, 15) is 4.91 Å². The molecule has 14 heavy (non-hydrogen) atoms. The molecular weight excluding hydrogens is 176 g/mol. The van der Waals surface area contributed by atoms with Crippen LogP contribution in [-0.2, 0) is 0 Å². The third-order valence-electron chi connectivity index (χ3n) is 2.21. The first-order valence-corrected chi connectivity index (χ1v) is 4.34. The van der Waals surface area contributed by atoms with E-state index in [-0.39, 0.29) is 0 Å². The number of anilines is 1. The molecule has 0 unspecified atom stereocenters. The van der Waals surface area contributed by atoms with Crippen LogP contribution < -0.4 is 5.73 Å². The number of rotatable bonds is 1. The summed E-state index contributed by atoms with van der Waals surface area (Å²) in [5.41, 5.74) is 7.76. The predicted octanol–water partition coefficient (Wildman–Crippen LogP) is 3.13. The van der Waals surface area contributed by atoms with Gasteiger partial charge in [0.25, 0.3) is 0 Å². The van der Waals surface area contributed by atoms with Crippen molar-refractivity contribution in [1.29, 1.82) is 0 Å². The van der Waals surface area contributed by atoms with Crippen LogP contribution in [0.3, 0.4) is 0 Å². The third kappa shape index (κ3) is 1.33. The number of nitrogens with zero attached hydrogens (tertiary/aromatic N) is 1. The highest BCUT2D eigenvalue weighted by molar-refractivity contribution is 5.95. The van der Waals surface area contributed by atoms with E-state index in [0.717, 1.165) is 16.3 Å². The minimum absolute atomic E-state index is 0.403. The monoisotopic (exact) mass is 186 g/mol. The van der Waals surface area contributed by atoms with Crippen LogP contribution >= 0.6 is 0 Å². The zero-order chi connectivity index (χ0) is 10.1. The average molecular weight is 186 g/mol. The van der Waals surface area contributed by atoms with Crippen molar-refractivity contribution in [3.05, 3.63) is 40.8 Å². The largest absolute Gasteiger partial charge is 0.399 e. The van der Waals surface area contributed by atoms with E-state index < -0.39 is 0 Å². The van der Waals surface area contributed by atoms with Gasteiger partial charge in [-0.25, -0.2) is 0 Å². The fourth-order valence-corrected chi connectivity index (χ4v) is 1.57. The van der Waals surface area contributed by atoms with Crippen molar-refractivity contribution in [2.45, 2.75) is 6.92 Å². The van der Waals surface area contributed by atoms with Gasteiger partial charge < -0.3 is 5.73 Å². The van der Waals surface area contributed by atoms with Gasteiger partial charge >= 0.3 is 0 Å². The number of nitrogen functional groups attached to an aromatic ring is 1. The molecule has 0 aliphatic rings. The second kappa shape index (κ2) is 3.10. The maximum absolute atomic E-state index is 10.6. The third-order valence-corrected chi connectivity index (χ3v) is 2.21. The van der Waals surface area contributed by atoms with Crippen LogP contribution in [0.4, 0.5) is 11.4 Å². The SMILES string of the molecule is Cc1ccc2c(N=O)cc(N)cc2c1. The first-order chi connectivity index (χ1) is 6.70. The Morgan fingerprint density at radius 1 is 1.21 bits per heavy atom. The van der Waals surface area contributed by atoms with Gasteiger partial charge in [-0.15, -0.1) is 4.91 Å². The Hall–Kier alpha value is -1.90. The molecule has 2 N–H and O–H groups in total. The Kier molecular flexibility index (Phi) is 1.93. The average Bonchev–Trinajstić information content (AvgIpc) is 2.15. The summed E-state index contributed by atoms with van der Waals surface area (Å²) in [5.74, 6) is 0. The van der Waals surface area contributed by atoms with Crippen molar-refractivity contribution in [3.8, 4) is 0 Å². The summed E-state index contributed by atoms with van der Waals surface area (Å²) in [6.45, 7) is 2.00. The van der Waals surface area contributed by atoms with Crippen LogP contribution in [0.5, 0.6) is 0 Å². The molecule has 3 nitrogen and oxygen atoms in total. The molecule has 0 bridgehead atoms. The summed E-state index contributed by atoms with van der Waals surface area (Å²) in [5, 5.41) is 4.76. The minimum atomic E-state index is 0.403. The second-order valence-electron chi connectivity index (χ2n) is 3.36. The van der Waals surface area contributed by atoms with Gasteiger partial charge in [0.15, 0.2) is 0 Å². The van der Waals surface area contributed by atoms with E-state index in [0.29, 0.717) is 11.4 Å². The molecule has 0 saturated carbocycles. The molecule has 0 saturated heterocycles. The standard InChI is InChI=1S/C11H10N2O/c1-7-2-3-10-8(4-7)5-9(12)6-11(10)13-14/h2-6H,12H2,1H3. The lowest BCUT2D eigenvalue weighted by Crippen LogP contribution is -1.85. The Balaban J connectivity index is 2.87. The summed E-state index contributed by atoms with van der Waals surface area (Å²) < 4.78 is 0. The van der Waals surface area contributed by atoms with E-state index in [1.165, 1.54) is 0 Å². The molecular formula is C11H10N2O. The number of nitrogens with two attached hydrogens (primary N) is 1. The first-order valence-electron chi connectivity index (χ1n) is 4.34. The minimum Gasteiger partial charge on any atom is -0.399 e. The number of aryl methyl sites for hydroxylation is 1. The molecule has 3 heteroatoms. The zero-order valence-corrected chi connectivity index (χ0v) is 7.82. The van der Waals surface area contributed by atoms with Gasteiger partial charge in [-0.1, -0.05) is 23.8 Å². The van der Waals surface area contributed by atoms with Gasteiger partial charge in [0.05, 0.1) is 0 Å². The normalized spacial score (nSPS) is 10.4. The van der Waals surface area contributed by atoms with Crippen LogP contribution in [0.2, 0.25) is 0 Å². The van der Waals surface area contributed by atoms with E-state index in [2.05, 4.69) is 5.18 Å². The molecule has 0 aromatic heterocycles. The van der Waals surface area contributed by atoms with Gasteiger partial charge in [0.2, 0.25) is 0 Å². The molecule has 0 amide bonds. The zero-order valence-electron chi connectivity index (χ0n) is 7.82. The van der Waals surface area contributed by atoms with E-state index >= 15 is 0 Å². The molecule has 2 rings (SSSR count). The number of benzene rings is 2. The molecule has 70 valence electrons. The number of hydrogen-bond acceptors (Lipinski definition) is 3. The highest BCUT2D eigenvalue weighted by Crippen LogP contribution is 2.29. The topological polar surface area (TPSA) is 55.5 Å². The number of nitroso groups, excluding NO2 is 1. The molecule has 0 aliphatic heterocycles. The van der Waals surface area contributed by atoms with Crippen LogP contribution in [0.25, 0.3) is 10.8 Å². The van der Waals surface area contributed by atoms with Crippen LogP contribution in [0, 0.1) is 11.8 Å². The van der Waals surface area contributed by atoms with Gasteiger partial charge in [0.1, 0.15) is 5.69 Å². The smallest absolute Gasteiger partial charge is 0.117 e. The predicted molar refractivity (Wildman–Crippen MR) is 58.6 cm³/mol. The molecule has 0 fully saturated rings. The lowest BCUT2D eigenvalue weighted by Gasteiger charge is -2.02. The summed E-state index contributed by atoms with van der Waals surface area (Å²) >= 11 is 0. The number of hydrogen-bond donors (Lipinski definition) is 1. The van der Waals surface area contributed by atoms with E-state index in [1.807, 2.05) is 31.2 Å². The van der Waals surface area contributed by atoms with Gasteiger partial charge in [-0.2, -0.15) is 0 Å². The van der Waals surface area contributed by atoms with Crippen molar-refractivity contribution in [3.63, 3.8) is 0 Å². The molecule has 0 heterocycles. The molecule has 0 radical (unpaired) electrons. The van der Waals surface area contributed by atoms with Gasteiger partial charge in [-0.3, -0.25) is 0 Å². The highest BCUT2D eigenvalue weighted by Gasteiger charge is 2.02.